The number of nitrogens with zero attached hydrogens (tertiary/aromatic N) is 1. The topological polar surface area (TPSA) is 74.8 Å². The first-order valence-corrected chi connectivity index (χ1v) is 7.54. The van der Waals surface area contributed by atoms with Gasteiger partial charge >= 0.3 is 0 Å². The number of amides is 1. The summed E-state index contributed by atoms with van der Waals surface area (Å²) in [6.45, 7) is 0. The van der Waals surface area contributed by atoms with Gasteiger partial charge in [-0.2, -0.15) is 5.10 Å². The van der Waals surface area contributed by atoms with Crippen LogP contribution in [0.1, 0.15) is 22.1 Å². The third-order valence-corrected chi connectivity index (χ3v) is 3.46. The molecule has 0 aliphatic rings. The van der Waals surface area contributed by atoms with E-state index in [1.165, 1.54) is 6.20 Å². The molecule has 0 spiro atoms. The highest BCUT2D eigenvalue weighted by molar-refractivity contribution is 7.84. The molecule has 0 unspecified atom stereocenters. The van der Waals surface area contributed by atoms with Crippen LogP contribution < -0.4 is 5.32 Å². The zero-order chi connectivity index (χ0) is 13.7. The van der Waals surface area contributed by atoms with Crippen LogP contribution >= 0.6 is 0 Å². The molecule has 19 heavy (non-hydrogen) atoms. The Hall–Kier alpha value is -1.95. The first-order chi connectivity index (χ1) is 9.16. The van der Waals surface area contributed by atoms with E-state index in [4.69, 9.17) is 0 Å². The van der Waals surface area contributed by atoms with Crippen LogP contribution in [0.3, 0.4) is 0 Å². The van der Waals surface area contributed by atoms with Gasteiger partial charge < -0.3 is 5.32 Å². The molecule has 2 aromatic rings. The van der Waals surface area contributed by atoms with Crippen molar-refractivity contribution >= 4 is 16.7 Å². The van der Waals surface area contributed by atoms with Gasteiger partial charge in [0.25, 0.3) is 5.91 Å². The van der Waals surface area contributed by atoms with E-state index in [1.54, 1.807) is 12.3 Å². The standard InChI is InChI=1S/C13H15N3O2S/c1-19(18)9-12(10-5-3-2-4-6-10)15-13(17)11-7-8-14-16-11/h2-8,12H,9H2,1H3,(H,14,16)(H,15,17)/t12-,19+/m1/s1. The molecule has 2 rings (SSSR count). The number of benzene rings is 1. The Morgan fingerprint density at radius 3 is 2.68 bits per heavy atom. The molecule has 0 saturated heterocycles. The Labute approximate surface area is 113 Å². The van der Waals surface area contributed by atoms with Crippen molar-refractivity contribution in [2.45, 2.75) is 6.04 Å². The third-order valence-electron chi connectivity index (χ3n) is 2.65. The Kier molecular flexibility index (Phi) is 4.46. The summed E-state index contributed by atoms with van der Waals surface area (Å²) in [7, 11) is -1.000. The largest absolute Gasteiger partial charge is 0.343 e. The van der Waals surface area contributed by atoms with Crippen molar-refractivity contribution in [3.8, 4) is 0 Å². The fourth-order valence-electron chi connectivity index (χ4n) is 1.76. The Bertz CT molecular complexity index is 555. The minimum Gasteiger partial charge on any atom is -0.343 e. The van der Waals surface area contributed by atoms with Crippen molar-refractivity contribution in [3.05, 3.63) is 53.9 Å². The Morgan fingerprint density at radius 2 is 2.11 bits per heavy atom. The number of hydrogen-bond donors (Lipinski definition) is 2. The summed E-state index contributed by atoms with van der Waals surface area (Å²) in [5.74, 6) is 0.126. The SMILES string of the molecule is C[S@](=O)C[C@@H](NC(=O)c1ccn[nH]1)c1ccccc1. The molecule has 0 aliphatic carbocycles. The van der Waals surface area contributed by atoms with Crippen molar-refractivity contribution in [2.75, 3.05) is 12.0 Å². The molecule has 5 nitrogen and oxygen atoms in total. The van der Waals surface area contributed by atoms with Crippen LogP contribution in [0, 0.1) is 0 Å². The van der Waals surface area contributed by atoms with Gasteiger partial charge in [-0.25, -0.2) is 0 Å². The van der Waals surface area contributed by atoms with Gasteiger partial charge in [0.15, 0.2) is 0 Å². The molecule has 0 aliphatic heterocycles. The van der Waals surface area contributed by atoms with Crippen molar-refractivity contribution in [3.63, 3.8) is 0 Å². The zero-order valence-electron chi connectivity index (χ0n) is 10.5. The van der Waals surface area contributed by atoms with Gasteiger partial charge in [-0.3, -0.25) is 14.1 Å². The fourth-order valence-corrected chi connectivity index (χ4v) is 2.50. The highest BCUT2D eigenvalue weighted by Crippen LogP contribution is 2.14. The summed E-state index contributed by atoms with van der Waals surface area (Å²) in [4.78, 5) is 12.0. The summed E-state index contributed by atoms with van der Waals surface area (Å²) in [6.07, 6.45) is 3.14. The number of aromatic nitrogens is 2. The maximum atomic E-state index is 12.0. The lowest BCUT2D eigenvalue weighted by Gasteiger charge is -2.17. The van der Waals surface area contributed by atoms with Crippen LogP contribution in [0.4, 0.5) is 0 Å². The average Bonchev–Trinajstić information content (AvgIpc) is 2.92. The minimum atomic E-state index is -1.000. The molecule has 6 heteroatoms. The average molecular weight is 277 g/mol. The van der Waals surface area contributed by atoms with E-state index < -0.39 is 10.8 Å². The van der Waals surface area contributed by atoms with E-state index in [9.17, 15) is 9.00 Å². The van der Waals surface area contributed by atoms with E-state index in [-0.39, 0.29) is 11.9 Å². The molecule has 100 valence electrons. The molecule has 0 fully saturated rings. The molecule has 2 atom stereocenters. The maximum absolute atomic E-state index is 12.0. The zero-order valence-corrected chi connectivity index (χ0v) is 11.3. The van der Waals surface area contributed by atoms with Gasteiger partial charge in [0.1, 0.15) is 5.69 Å². The van der Waals surface area contributed by atoms with Gasteiger partial charge in [-0.15, -0.1) is 0 Å². The van der Waals surface area contributed by atoms with Crippen LogP contribution in [-0.2, 0) is 10.8 Å². The van der Waals surface area contributed by atoms with Crippen LogP contribution in [-0.4, -0.2) is 32.3 Å². The van der Waals surface area contributed by atoms with E-state index in [2.05, 4.69) is 15.5 Å². The smallest absolute Gasteiger partial charge is 0.269 e. The van der Waals surface area contributed by atoms with E-state index in [0.717, 1.165) is 5.56 Å². The predicted octanol–water partition coefficient (Wildman–Crippen LogP) is 1.26. The predicted molar refractivity (Wildman–Crippen MR) is 74.2 cm³/mol. The lowest BCUT2D eigenvalue weighted by atomic mass is 10.1. The summed E-state index contributed by atoms with van der Waals surface area (Å²) >= 11 is 0. The summed E-state index contributed by atoms with van der Waals surface area (Å²) < 4.78 is 11.4. The molecule has 0 radical (unpaired) electrons. The van der Waals surface area contributed by atoms with Crippen molar-refractivity contribution in [1.29, 1.82) is 0 Å². The Balaban J connectivity index is 2.15. The second-order valence-electron chi connectivity index (χ2n) is 4.15. The fraction of sp³-hybridized carbons (Fsp3) is 0.231. The van der Waals surface area contributed by atoms with Gasteiger partial charge in [-0.05, 0) is 11.6 Å². The number of carbonyl (C=O) groups excluding carboxylic acids is 1. The molecule has 1 aromatic carbocycles. The van der Waals surface area contributed by atoms with Crippen molar-refractivity contribution in [2.24, 2.45) is 0 Å². The molecule has 2 N–H and O–H groups in total. The van der Waals surface area contributed by atoms with Gasteiger partial charge in [0.2, 0.25) is 0 Å². The summed E-state index contributed by atoms with van der Waals surface area (Å²) in [6, 6.07) is 10.8. The number of nitrogens with one attached hydrogen (secondary N) is 2. The molecule has 1 amide bonds. The van der Waals surface area contributed by atoms with Crippen molar-refractivity contribution < 1.29 is 9.00 Å². The van der Waals surface area contributed by atoms with Gasteiger partial charge in [0, 0.05) is 29.0 Å². The molecule has 1 aromatic heterocycles. The summed E-state index contributed by atoms with van der Waals surface area (Å²) in [5, 5.41) is 9.21. The first-order valence-electron chi connectivity index (χ1n) is 5.82. The first kappa shape index (κ1) is 13.5. The Morgan fingerprint density at radius 1 is 1.37 bits per heavy atom. The number of carbonyl (C=O) groups is 1. The maximum Gasteiger partial charge on any atom is 0.269 e. The highest BCUT2D eigenvalue weighted by Gasteiger charge is 2.17. The number of H-pyrrole nitrogens is 1. The highest BCUT2D eigenvalue weighted by atomic mass is 32.2. The molecule has 1 heterocycles. The van der Waals surface area contributed by atoms with Crippen LogP contribution in [0.5, 0.6) is 0 Å². The number of rotatable bonds is 5. The van der Waals surface area contributed by atoms with E-state index >= 15 is 0 Å². The lowest BCUT2D eigenvalue weighted by Crippen LogP contribution is -2.32. The molecule has 0 saturated carbocycles. The van der Waals surface area contributed by atoms with Gasteiger partial charge in [0.05, 0.1) is 6.04 Å². The molecular formula is C13H15N3O2S. The van der Waals surface area contributed by atoms with Crippen LogP contribution in [0.2, 0.25) is 0 Å². The van der Waals surface area contributed by atoms with E-state index in [1.807, 2.05) is 30.3 Å². The second kappa shape index (κ2) is 6.29. The second-order valence-corrected chi connectivity index (χ2v) is 5.63. The molecular weight excluding hydrogens is 262 g/mol. The van der Waals surface area contributed by atoms with Crippen molar-refractivity contribution in [1.82, 2.24) is 15.5 Å². The number of hydrogen-bond acceptors (Lipinski definition) is 3. The van der Waals surface area contributed by atoms with Gasteiger partial charge in [-0.1, -0.05) is 30.3 Å². The quantitative estimate of drug-likeness (QED) is 0.864. The van der Waals surface area contributed by atoms with Crippen LogP contribution in [0.25, 0.3) is 0 Å². The lowest BCUT2D eigenvalue weighted by molar-refractivity contribution is 0.0935. The summed E-state index contributed by atoms with van der Waals surface area (Å²) in [5.41, 5.74) is 1.33. The minimum absolute atomic E-state index is 0.253. The van der Waals surface area contributed by atoms with Crippen LogP contribution in [0.15, 0.2) is 42.6 Å². The molecule has 0 bridgehead atoms. The van der Waals surface area contributed by atoms with E-state index in [0.29, 0.717) is 11.4 Å². The monoisotopic (exact) mass is 277 g/mol. The number of aromatic amines is 1. The normalized spacial score (nSPS) is 13.7. The third kappa shape index (κ3) is 3.75.